The summed E-state index contributed by atoms with van der Waals surface area (Å²) in [5.41, 5.74) is 0.194. The number of carboxylic acid groups (broad SMARTS) is 1. The van der Waals surface area contributed by atoms with Crippen LogP contribution in [0.1, 0.15) is 30.6 Å². The SMILES string of the molecule is CCC(C)C(NC(=O)c1cc(OC)c(OC)c(OC)c1Br)C(=O)O. The first kappa shape index (κ1) is 20.1. The van der Waals surface area contributed by atoms with Crippen molar-refractivity contribution in [2.24, 2.45) is 5.92 Å². The van der Waals surface area contributed by atoms with Gasteiger partial charge in [-0.3, -0.25) is 4.79 Å². The van der Waals surface area contributed by atoms with E-state index in [4.69, 9.17) is 14.2 Å². The number of hydrogen-bond donors (Lipinski definition) is 2. The Kier molecular flexibility index (Phi) is 7.34. The Morgan fingerprint density at radius 3 is 2.21 bits per heavy atom. The minimum Gasteiger partial charge on any atom is -0.493 e. The number of carbonyl (C=O) groups excluding carboxylic acids is 1. The second-order valence-corrected chi connectivity index (χ2v) is 5.97. The molecule has 2 atom stereocenters. The van der Waals surface area contributed by atoms with Crippen LogP contribution in [0.5, 0.6) is 17.2 Å². The lowest BCUT2D eigenvalue weighted by Gasteiger charge is -2.21. The van der Waals surface area contributed by atoms with Gasteiger partial charge in [0.1, 0.15) is 6.04 Å². The van der Waals surface area contributed by atoms with Crippen molar-refractivity contribution in [2.75, 3.05) is 21.3 Å². The maximum absolute atomic E-state index is 12.6. The van der Waals surface area contributed by atoms with E-state index in [0.29, 0.717) is 22.4 Å². The molecule has 1 amide bonds. The summed E-state index contributed by atoms with van der Waals surface area (Å²) in [5.74, 6) is -0.918. The van der Waals surface area contributed by atoms with E-state index in [1.807, 2.05) is 6.92 Å². The molecule has 0 saturated carbocycles. The van der Waals surface area contributed by atoms with Crippen molar-refractivity contribution in [3.8, 4) is 17.2 Å². The molecule has 0 aromatic heterocycles. The van der Waals surface area contributed by atoms with E-state index in [0.717, 1.165) is 0 Å². The third-order valence-corrected chi connectivity index (χ3v) is 4.57. The van der Waals surface area contributed by atoms with Gasteiger partial charge < -0.3 is 24.6 Å². The molecular formula is C16H22BrNO6. The quantitative estimate of drug-likeness (QED) is 0.692. The number of carbonyl (C=O) groups is 2. The number of carboxylic acids is 1. The Morgan fingerprint density at radius 1 is 1.21 bits per heavy atom. The number of amides is 1. The highest BCUT2D eigenvalue weighted by molar-refractivity contribution is 9.10. The normalized spacial score (nSPS) is 12.9. The number of hydrogen-bond acceptors (Lipinski definition) is 5. The van der Waals surface area contributed by atoms with Crippen LogP contribution in [-0.2, 0) is 4.79 Å². The summed E-state index contributed by atoms with van der Waals surface area (Å²) >= 11 is 3.31. The van der Waals surface area contributed by atoms with Crippen molar-refractivity contribution in [3.05, 3.63) is 16.1 Å². The van der Waals surface area contributed by atoms with E-state index in [2.05, 4.69) is 21.2 Å². The van der Waals surface area contributed by atoms with E-state index in [-0.39, 0.29) is 17.2 Å². The van der Waals surface area contributed by atoms with E-state index in [9.17, 15) is 14.7 Å². The van der Waals surface area contributed by atoms with E-state index >= 15 is 0 Å². The van der Waals surface area contributed by atoms with Crippen LogP contribution in [0.3, 0.4) is 0 Å². The van der Waals surface area contributed by atoms with Crippen molar-refractivity contribution in [3.63, 3.8) is 0 Å². The van der Waals surface area contributed by atoms with E-state index < -0.39 is 17.9 Å². The standard InChI is InChI=1S/C16H22BrNO6/c1-6-8(2)12(16(20)21)18-15(19)9-7-10(22-3)13(23-4)14(24-5)11(9)17/h7-8,12H,6H2,1-5H3,(H,18,19)(H,20,21). The van der Waals surface area contributed by atoms with Crippen molar-refractivity contribution in [1.29, 1.82) is 0 Å². The van der Waals surface area contributed by atoms with Gasteiger partial charge in [-0.1, -0.05) is 20.3 Å². The lowest BCUT2D eigenvalue weighted by Crippen LogP contribution is -2.45. The lowest BCUT2D eigenvalue weighted by atomic mass is 9.99. The van der Waals surface area contributed by atoms with Gasteiger partial charge in [0, 0.05) is 0 Å². The Labute approximate surface area is 149 Å². The molecule has 0 bridgehead atoms. The van der Waals surface area contributed by atoms with Crippen molar-refractivity contribution in [2.45, 2.75) is 26.3 Å². The average Bonchev–Trinajstić information content (AvgIpc) is 2.57. The smallest absolute Gasteiger partial charge is 0.326 e. The molecule has 2 N–H and O–H groups in total. The fraction of sp³-hybridized carbons (Fsp3) is 0.500. The van der Waals surface area contributed by atoms with Crippen LogP contribution in [0.15, 0.2) is 10.5 Å². The number of aliphatic carboxylic acids is 1. The molecule has 0 spiro atoms. The molecule has 0 fully saturated rings. The van der Waals surface area contributed by atoms with Crippen LogP contribution in [0, 0.1) is 5.92 Å². The third kappa shape index (κ3) is 4.11. The maximum atomic E-state index is 12.6. The Bertz CT molecular complexity index is 619. The van der Waals surface area contributed by atoms with Gasteiger partial charge >= 0.3 is 5.97 Å². The Hall–Kier alpha value is -1.96. The molecule has 1 rings (SSSR count). The summed E-state index contributed by atoms with van der Waals surface area (Å²) in [6.07, 6.45) is 0.619. The zero-order valence-electron chi connectivity index (χ0n) is 14.3. The van der Waals surface area contributed by atoms with Crippen LogP contribution >= 0.6 is 15.9 Å². The van der Waals surface area contributed by atoms with Crippen molar-refractivity contribution >= 4 is 27.8 Å². The molecular weight excluding hydrogens is 382 g/mol. The second kappa shape index (κ2) is 8.77. The third-order valence-electron chi connectivity index (χ3n) is 3.78. The Balaban J connectivity index is 3.30. The molecule has 0 saturated heterocycles. The van der Waals surface area contributed by atoms with Gasteiger partial charge in [0.15, 0.2) is 11.5 Å². The van der Waals surface area contributed by atoms with Gasteiger partial charge in [-0.15, -0.1) is 0 Å². The number of ether oxygens (including phenoxy) is 3. The zero-order chi connectivity index (χ0) is 18.4. The molecule has 0 heterocycles. The minimum atomic E-state index is -1.08. The first-order valence-corrected chi connectivity index (χ1v) is 8.13. The number of nitrogens with one attached hydrogen (secondary N) is 1. The highest BCUT2D eigenvalue weighted by atomic mass is 79.9. The summed E-state index contributed by atoms with van der Waals surface area (Å²) < 4.78 is 16.1. The summed E-state index contributed by atoms with van der Waals surface area (Å²) in [7, 11) is 4.32. The molecule has 7 nitrogen and oxygen atoms in total. The van der Waals surface area contributed by atoms with Gasteiger partial charge in [-0.25, -0.2) is 4.79 Å². The highest BCUT2D eigenvalue weighted by Crippen LogP contribution is 2.44. The summed E-state index contributed by atoms with van der Waals surface area (Å²) in [5, 5.41) is 11.9. The fourth-order valence-electron chi connectivity index (χ4n) is 2.19. The topological polar surface area (TPSA) is 94.1 Å². The number of benzene rings is 1. The molecule has 24 heavy (non-hydrogen) atoms. The number of rotatable bonds is 8. The molecule has 1 aromatic rings. The van der Waals surface area contributed by atoms with Gasteiger partial charge in [0.2, 0.25) is 5.75 Å². The lowest BCUT2D eigenvalue weighted by molar-refractivity contribution is -0.140. The van der Waals surface area contributed by atoms with Crippen molar-refractivity contribution < 1.29 is 28.9 Å². The summed E-state index contributed by atoms with van der Waals surface area (Å²) in [4.78, 5) is 24.0. The second-order valence-electron chi connectivity index (χ2n) is 5.18. The molecule has 0 aliphatic heterocycles. The molecule has 0 aliphatic rings. The van der Waals surface area contributed by atoms with Gasteiger partial charge in [-0.2, -0.15) is 0 Å². The molecule has 134 valence electrons. The van der Waals surface area contributed by atoms with Crippen LogP contribution in [0.25, 0.3) is 0 Å². The first-order valence-electron chi connectivity index (χ1n) is 7.34. The monoisotopic (exact) mass is 403 g/mol. The maximum Gasteiger partial charge on any atom is 0.326 e. The minimum absolute atomic E-state index is 0.194. The van der Waals surface area contributed by atoms with Gasteiger partial charge in [0.25, 0.3) is 5.91 Å². The van der Waals surface area contributed by atoms with E-state index in [1.54, 1.807) is 6.92 Å². The molecule has 0 radical (unpaired) electrons. The average molecular weight is 404 g/mol. The number of halogens is 1. The van der Waals surface area contributed by atoms with E-state index in [1.165, 1.54) is 27.4 Å². The van der Waals surface area contributed by atoms with Crippen LogP contribution in [-0.4, -0.2) is 44.4 Å². The Morgan fingerprint density at radius 2 is 1.79 bits per heavy atom. The predicted octanol–water partition coefficient (Wildman–Crippen LogP) is 2.70. The predicted molar refractivity (Wildman–Crippen MR) is 92.1 cm³/mol. The first-order chi connectivity index (χ1) is 11.3. The highest BCUT2D eigenvalue weighted by Gasteiger charge is 2.28. The van der Waals surface area contributed by atoms with Crippen LogP contribution in [0.4, 0.5) is 0 Å². The number of methoxy groups -OCH3 is 3. The fourth-order valence-corrected chi connectivity index (χ4v) is 2.82. The van der Waals surface area contributed by atoms with Crippen molar-refractivity contribution in [1.82, 2.24) is 5.32 Å². The largest absolute Gasteiger partial charge is 0.493 e. The van der Waals surface area contributed by atoms with Crippen LogP contribution in [0.2, 0.25) is 0 Å². The molecule has 0 aliphatic carbocycles. The van der Waals surface area contributed by atoms with Crippen LogP contribution < -0.4 is 19.5 Å². The molecule has 1 aromatic carbocycles. The zero-order valence-corrected chi connectivity index (χ0v) is 15.9. The molecule has 8 heteroatoms. The summed E-state index contributed by atoms with van der Waals surface area (Å²) in [6, 6.07) is 0.476. The van der Waals surface area contributed by atoms with Gasteiger partial charge in [0.05, 0.1) is 31.4 Å². The summed E-state index contributed by atoms with van der Waals surface area (Å²) in [6.45, 7) is 3.63. The molecule has 2 unspecified atom stereocenters. The van der Waals surface area contributed by atoms with Gasteiger partial charge in [-0.05, 0) is 27.9 Å².